The van der Waals surface area contributed by atoms with Crippen LogP contribution in [0.2, 0.25) is 0 Å². The summed E-state index contributed by atoms with van der Waals surface area (Å²) in [6.07, 6.45) is 3.24. The van der Waals surface area contributed by atoms with Crippen molar-refractivity contribution in [1.82, 2.24) is 9.55 Å². The molecule has 0 atom stereocenters. The third-order valence-electron chi connectivity index (χ3n) is 5.54. The standard InChI is InChI=1S/C27H23FN4O3S/c1-27(2)16-36-23-22(13-14-29-24(23)31-27)35-20-11-7-18(8-12-20)30-25(33)21-4-3-15-32(26(21)34)19-9-5-17(28)6-10-19/h3-15H,16H2,1-2H3,(H,29,31)(H,30,33). The molecule has 3 heterocycles. The Balaban J connectivity index is 1.30. The van der Waals surface area contributed by atoms with Gasteiger partial charge < -0.3 is 15.4 Å². The van der Waals surface area contributed by atoms with Gasteiger partial charge in [0.05, 0.1) is 4.90 Å². The predicted octanol–water partition coefficient (Wildman–Crippen LogP) is 5.71. The molecule has 0 unspecified atom stereocenters. The second-order valence-corrected chi connectivity index (χ2v) is 9.92. The number of ether oxygens (including phenoxy) is 1. The minimum absolute atomic E-state index is 0.0296. The molecule has 0 bridgehead atoms. The van der Waals surface area contributed by atoms with Gasteiger partial charge in [-0.1, -0.05) is 0 Å². The Morgan fingerprint density at radius 1 is 1.11 bits per heavy atom. The summed E-state index contributed by atoms with van der Waals surface area (Å²) in [5.74, 6) is 2.04. The normalized spacial score (nSPS) is 13.9. The molecule has 182 valence electrons. The largest absolute Gasteiger partial charge is 0.456 e. The highest BCUT2D eigenvalue weighted by Crippen LogP contribution is 2.43. The first-order valence-electron chi connectivity index (χ1n) is 11.3. The number of thioether (sulfide) groups is 1. The van der Waals surface area contributed by atoms with E-state index in [2.05, 4.69) is 29.5 Å². The van der Waals surface area contributed by atoms with Gasteiger partial charge >= 0.3 is 0 Å². The number of nitrogens with one attached hydrogen (secondary N) is 2. The van der Waals surface area contributed by atoms with Crippen molar-refractivity contribution in [3.63, 3.8) is 0 Å². The van der Waals surface area contributed by atoms with Gasteiger partial charge in [-0.05, 0) is 74.5 Å². The van der Waals surface area contributed by atoms with Crippen LogP contribution in [0.5, 0.6) is 11.5 Å². The summed E-state index contributed by atoms with van der Waals surface area (Å²) >= 11 is 1.70. The molecule has 4 aromatic rings. The molecule has 1 amide bonds. The van der Waals surface area contributed by atoms with E-state index >= 15 is 0 Å². The maximum absolute atomic E-state index is 13.2. The highest BCUT2D eigenvalue weighted by molar-refractivity contribution is 7.99. The lowest BCUT2D eigenvalue weighted by Gasteiger charge is -2.32. The zero-order valence-corrected chi connectivity index (χ0v) is 20.4. The molecule has 0 radical (unpaired) electrons. The average Bonchev–Trinajstić information content (AvgIpc) is 2.85. The molecule has 0 fully saturated rings. The van der Waals surface area contributed by atoms with E-state index in [-0.39, 0.29) is 11.1 Å². The molecule has 7 nitrogen and oxygen atoms in total. The van der Waals surface area contributed by atoms with Crippen molar-refractivity contribution in [2.24, 2.45) is 0 Å². The third-order valence-corrected chi connectivity index (χ3v) is 7.09. The van der Waals surface area contributed by atoms with Crippen LogP contribution in [0.4, 0.5) is 15.9 Å². The highest BCUT2D eigenvalue weighted by Gasteiger charge is 2.28. The first-order chi connectivity index (χ1) is 17.3. The summed E-state index contributed by atoms with van der Waals surface area (Å²) in [4.78, 5) is 31.1. The number of rotatable bonds is 5. The molecular weight excluding hydrogens is 479 g/mol. The summed E-state index contributed by atoms with van der Waals surface area (Å²) in [6.45, 7) is 4.25. The number of pyridine rings is 2. The number of carbonyl (C=O) groups is 1. The number of benzene rings is 2. The number of aromatic nitrogens is 2. The van der Waals surface area contributed by atoms with E-state index in [0.717, 1.165) is 16.5 Å². The summed E-state index contributed by atoms with van der Waals surface area (Å²) in [5.41, 5.74) is 0.395. The average molecular weight is 503 g/mol. The minimum atomic E-state index is -0.543. The van der Waals surface area contributed by atoms with Gasteiger partial charge in [-0.15, -0.1) is 11.8 Å². The smallest absolute Gasteiger partial charge is 0.267 e. The van der Waals surface area contributed by atoms with Crippen LogP contribution >= 0.6 is 11.8 Å². The monoisotopic (exact) mass is 502 g/mol. The fourth-order valence-electron chi connectivity index (χ4n) is 3.75. The van der Waals surface area contributed by atoms with Gasteiger partial charge in [-0.3, -0.25) is 14.2 Å². The maximum atomic E-state index is 13.2. The van der Waals surface area contributed by atoms with E-state index in [9.17, 15) is 14.0 Å². The van der Waals surface area contributed by atoms with Crippen molar-refractivity contribution in [2.45, 2.75) is 24.3 Å². The topological polar surface area (TPSA) is 85.2 Å². The number of hydrogen-bond donors (Lipinski definition) is 2. The number of amides is 1. The first-order valence-corrected chi connectivity index (χ1v) is 12.2. The van der Waals surface area contributed by atoms with Crippen LogP contribution in [0.15, 0.2) is 88.8 Å². The van der Waals surface area contributed by atoms with Crippen molar-refractivity contribution in [3.8, 4) is 17.2 Å². The summed E-state index contributed by atoms with van der Waals surface area (Å²) < 4.78 is 20.6. The van der Waals surface area contributed by atoms with Gasteiger partial charge in [0.1, 0.15) is 28.7 Å². The number of anilines is 2. The Labute approximate surface area is 211 Å². The second-order valence-electron chi connectivity index (χ2n) is 8.94. The SMILES string of the molecule is CC1(C)CSc2c(Oc3ccc(NC(=O)c4cccn(-c5ccc(F)cc5)c4=O)cc3)ccnc2N1. The van der Waals surface area contributed by atoms with Crippen molar-refractivity contribution in [1.29, 1.82) is 0 Å². The molecule has 0 spiro atoms. The van der Waals surface area contributed by atoms with Crippen LogP contribution in [-0.2, 0) is 0 Å². The van der Waals surface area contributed by atoms with Gasteiger partial charge in [-0.25, -0.2) is 9.37 Å². The van der Waals surface area contributed by atoms with Crippen molar-refractivity contribution in [2.75, 3.05) is 16.4 Å². The van der Waals surface area contributed by atoms with Gasteiger partial charge in [0.2, 0.25) is 0 Å². The van der Waals surface area contributed by atoms with E-state index in [1.165, 1.54) is 41.1 Å². The lowest BCUT2D eigenvalue weighted by atomic mass is 10.1. The van der Waals surface area contributed by atoms with Crippen molar-refractivity contribution in [3.05, 3.63) is 101 Å². The molecule has 0 aliphatic carbocycles. The summed E-state index contributed by atoms with van der Waals surface area (Å²) in [5, 5.41) is 6.17. The number of nitrogens with zero attached hydrogens (tertiary/aromatic N) is 2. The fourth-order valence-corrected chi connectivity index (χ4v) is 4.82. The number of carbonyl (C=O) groups excluding carboxylic acids is 1. The van der Waals surface area contributed by atoms with E-state index in [1.807, 2.05) is 6.07 Å². The van der Waals surface area contributed by atoms with Gasteiger partial charge in [0.15, 0.2) is 0 Å². The van der Waals surface area contributed by atoms with Crippen molar-refractivity contribution >= 4 is 29.2 Å². The summed E-state index contributed by atoms with van der Waals surface area (Å²) in [7, 11) is 0. The lowest BCUT2D eigenvalue weighted by Crippen LogP contribution is -2.36. The molecule has 0 saturated carbocycles. The molecule has 36 heavy (non-hydrogen) atoms. The second kappa shape index (κ2) is 9.50. The molecule has 2 aromatic carbocycles. The van der Waals surface area contributed by atoms with Crippen LogP contribution in [-0.4, -0.2) is 26.8 Å². The van der Waals surface area contributed by atoms with Crippen LogP contribution in [0.25, 0.3) is 5.69 Å². The first kappa shape index (κ1) is 23.6. The molecular formula is C27H23FN4O3S. The van der Waals surface area contributed by atoms with E-state index in [4.69, 9.17) is 4.74 Å². The van der Waals surface area contributed by atoms with Gasteiger partial charge in [0, 0.05) is 41.1 Å². The Morgan fingerprint density at radius 2 is 1.86 bits per heavy atom. The molecule has 0 saturated heterocycles. The van der Waals surface area contributed by atoms with E-state index in [0.29, 0.717) is 22.9 Å². The predicted molar refractivity (Wildman–Crippen MR) is 139 cm³/mol. The Hall–Kier alpha value is -4.11. The maximum Gasteiger partial charge on any atom is 0.267 e. The fraction of sp³-hybridized carbons (Fsp3) is 0.148. The van der Waals surface area contributed by atoms with Crippen LogP contribution in [0, 0.1) is 5.82 Å². The van der Waals surface area contributed by atoms with Crippen LogP contribution in [0.3, 0.4) is 0 Å². The van der Waals surface area contributed by atoms with Gasteiger partial charge in [0.25, 0.3) is 11.5 Å². The molecule has 2 N–H and O–H groups in total. The van der Waals surface area contributed by atoms with Crippen molar-refractivity contribution < 1.29 is 13.9 Å². The zero-order valence-electron chi connectivity index (χ0n) is 19.6. The molecule has 1 aliphatic heterocycles. The number of hydrogen-bond acceptors (Lipinski definition) is 6. The van der Waals surface area contributed by atoms with Gasteiger partial charge in [-0.2, -0.15) is 0 Å². The molecule has 5 rings (SSSR count). The van der Waals surface area contributed by atoms with E-state index in [1.54, 1.807) is 48.3 Å². The zero-order chi connectivity index (χ0) is 25.3. The molecule has 1 aliphatic rings. The number of halogens is 1. The lowest BCUT2D eigenvalue weighted by molar-refractivity contribution is 0.102. The molecule has 9 heteroatoms. The summed E-state index contributed by atoms with van der Waals surface area (Å²) in [6, 6.07) is 17.3. The minimum Gasteiger partial charge on any atom is -0.456 e. The van der Waals surface area contributed by atoms with E-state index < -0.39 is 17.3 Å². The van der Waals surface area contributed by atoms with Crippen LogP contribution < -0.4 is 20.9 Å². The number of fused-ring (bicyclic) bond motifs is 1. The Kier molecular flexibility index (Phi) is 6.24. The molecule has 2 aromatic heterocycles. The quantitative estimate of drug-likeness (QED) is 0.364. The Bertz CT molecular complexity index is 1480. The van der Waals surface area contributed by atoms with Crippen LogP contribution in [0.1, 0.15) is 24.2 Å². The third kappa shape index (κ3) is 4.96. The highest BCUT2D eigenvalue weighted by atomic mass is 32.2. The Morgan fingerprint density at radius 3 is 2.61 bits per heavy atom.